The fraction of sp³-hybridized carbons (Fsp3) is 0.500. The number of ether oxygens (including phenoxy) is 1. The van der Waals surface area contributed by atoms with Crippen LogP contribution in [0.2, 0.25) is 5.02 Å². The molecule has 2 bridgehead atoms. The van der Waals surface area contributed by atoms with Crippen molar-refractivity contribution in [1.29, 1.82) is 0 Å². The van der Waals surface area contributed by atoms with E-state index in [-0.39, 0.29) is 28.7 Å². The maximum Gasteiger partial charge on any atom is 0.416 e. The van der Waals surface area contributed by atoms with Gasteiger partial charge in [0.1, 0.15) is 6.10 Å². The van der Waals surface area contributed by atoms with Crippen LogP contribution in [0.15, 0.2) is 36.4 Å². The second kappa shape index (κ2) is 8.45. The van der Waals surface area contributed by atoms with E-state index in [9.17, 15) is 18.0 Å². The number of amides is 1. The lowest BCUT2D eigenvalue weighted by Crippen LogP contribution is -2.53. The van der Waals surface area contributed by atoms with Crippen molar-refractivity contribution >= 4 is 17.7 Å². The third-order valence-electron chi connectivity index (χ3n) is 7.61. The molecule has 3 saturated heterocycles. The Morgan fingerprint density at radius 3 is 2.50 bits per heavy atom. The van der Waals surface area contributed by atoms with Crippen LogP contribution in [-0.4, -0.2) is 36.7 Å². The van der Waals surface area contributed by atoms with Crippen molar-refractivity contribution in [2.45, 2.75) is 51.4 Å². The number of fused-ring (bicyclic) bond motifs is 4. The van der Waals surface area contributed by atoms with E-state index in [0.717, 1.165) is 67.7 Å². The average Bonchev–Trinajstić information content (AvgIpc) is 3.02. The van der Waals surface area contributed by atoms with Crippen molar-refractivity contribution in [2.75, 3.05) is 19.6 Å². The van der Waals surface area contributed by atoms with Crippen molar-refractivity contribution in [1.82, 2.24) is 10.2 Å². The van der Waals surface area contributed by atoms with E-state index in [2.05, 4.69) is 24.1 Å². The summed E-state index contributed by atoms with van der Waals surface area (Å²) < 4.78 is 44.8. The van der Waals surface area contributed by atoms with Crippen molar-refractivity contribution < 1.29 is 22.7 Å². The second-order valence-corrected chi connectivity index (χ2v) is 10.8. The van der Waals surface area contributed by atoms with Gasteiger partial charge in [-0.05, 0) is 72.5 Å². The summed E-state index contributed by atoms with van der Waals surface area (Å²) in [5, 5.41) is 3.15. The highest BCUT2D eigenvalue weighted by atomic mass is 35.5. The molecule has 3 heterocycles. The van der Waals surface area contributed by atoms with Crippen LogP contribution in [0, 0.1) is 11.3 Å². The normalized spacial score (nSPS) is 27.4. The number of piperidine rings is 3. The fourth-order valence-electron chi connectivity index (χ4n) is 5.75. The largest absolute Gasteiger partial charge is 0.445 e. The molecule has 2 aromatic carbocycles. The topological polar surface area (TPSA) is 41.6 Å². The number of benzene rings is 2. The van der Waals surface area contributed by atoms with Crippen LogP contribution in [0.5, 0.6) is 0 Å². The van der Waals surface area contributed by atoms with Crippen LogP contribution in [0.3, 0.4) is 0 Å². The lowest BCUT2D eigenvalue weighted by atomic mass is 9.85. The van der Waals surface area contributed by atoms with Crippen molar-refractivity contribution in [3.8, 4) is 11.1 Å². The molecule has 1 amide bonds. The molecule has 1 unspecified atom stereocenters. The molecule has 0 radical (unpaired) electrons. The van der Waals surface area contributed by atoms with Crippen LogP contribution >= 0.6 is 11.6 Å². The van der Waals surface area contributed by atoms with Gasteiger partial charge in [0.15, 0.2) is 0 Å². The molecule has 3 fully saturated rings. The maximum absolute atomic E-state index is 13.0. The summed E-state index contributed by atoms with van der Waals surface area (Å²) in [4.78, 5) is 15.2. The molecular weight excluding hydrogens is 465 g/mol. The number of nitrogens with zero attached hydrogens (tertiary/aromatic N) is 1. The van der Waals surface area contributed by atoms with E-state index in [1.165, 1.54) is 6.07 Å². The van der Waals surface area contributed by atoms with Gasteiger partial charge in [-0.2, -0.15) is 13.2 Å². The second-order valence-electron chi connectivity index (χ2n) is 10.4. The molecular formula is C26H28ClF3N2O2. The average molecular weight is 493 g/mol. The van der Waals surface area contributed by atoms with Gasteiger partial charge in [-0.15, -0.1) is 0 Å². The Labute approximate surface area is 202 Å². The Morgan fingerprint density at radius 2 is 1.88 bits per heavy atom. The van der Waals surface area contributed by atoms with Crippen LogP contribution in [0.25, 0.3) is 11.1 Å². The van der Waals surface area contributed by atoms with Crippen LogP contribution in [0.4, 0.5) is 18.0 Å². The first-order chi connectivity index (χ1) is 16.0. The van der Waals surface area contributed by atoms with E-state index < -0.39 is 11.7 Å². The molecule has 0 spiro atoms. The highest BCUT2D eigenvalue weighted by molar-refractivity contribution is 6.33. The third-order valence-corrected chi connectivity index (χ3v) is 7.92. The Balaban J connectivity index is 1.34. The number of alkyl halides is 3. The van der Waals surface area contributed by atoms with Gasteiger partial charge >= 0.3 is 12.3 Å². The third kappa shape index (κ3) is 4.40. The van der Waals surface area contributed by atoms with Crippen molar-refractivity contribution in [3.05, 3.63) is 58.1 Å². The zero-order valence-electron chi connectivity index (χ0n) is 19.2. The number of rotatable bonds is 3. The summed E-state index contributed by atoms with van der Waals surface area (Å²) in [6.45, 7) is 7.16. The lowest BCUT2D eigenvalue weighted by Gasteiger charge is -2.44. The van der Waals surface area contributed by atoms with E-state index in [1.54, 1.807) is 0 Å². The SMILES string of the molecule is CC1(C)Cc2cc(-c3ccc(C(F)(F)F)cc3Cl)ccc2C1NC(=O)O[C@H]1CN2CCC1CC2. The molecule has 0 aromatic heterocycles. The minimum atomic E-state index is -4.44. The van der Waals surface area contributed by atoms with Gasteiger partial charge in [0, 0.05) is 17.1 Å². The molecule has 182 valence electrons. The van der Waals surface area contributed by atoms with Gasteiger partial charge < -0.3 is 10.1 Å². The number of hydrogen-bond acceptors (Lipinski definition) is 3. The summed E-state index contributed by atoms with van der Waals surface area (Å²) in [5.74, 6) is 0.440. The van der Waals surface area contributed by atoms with Crippen LogP contribution < -0.4 is 5.32 Å². The standard InChI is InChI=1S/C26H28ClF3N2O2/c1-25(2)13-17-11-16(19-6-4-18(12-21(19)27)26(28,29)30)3-5-20(17)23(25)31-24(33)34-22-14-32-9-7-15(22)8-10-32/h3-6,11-12,15,22-23H,7-10,13-14H2,1-2H3,(H,31,33)/t22-,23?/m0/s1. The van der Waals surface area contributed by atoms with Crippen LogP contribution in [0.1, 0.15) is 49.4 Å². The zero-order chi connectivity index (χ0) is 24.3. The minimum Gasteiger partial charge on any atom is -0.445 e. The summed E-state index contributed by atoms with van der Waals surface area (Å²) in [5.41, 5.74) is 2.35. The molecule has 2 atom stereocenters. The quantitative estimate of drug-likeness (QED) is 0.534. The number of halogens is 4. The molecule has 0 saturated carbocycles. The zero-order valence-corrected chi connectivity index (χ0v) is 20.0. The summed E-state index contributed by atoms with van der Waals surface area (Å²) in [6.07, 6.45) is -2.02. The van der Waals surface area contributed by atoms with Gasteiger partial charge in [-0.25, -0.2) is 4.79 Å². The van der Waals surface area contributed by atoms with Crippen molar-refractivity contribution in [3.63, 3.8) is 0 Å². The summed E-state index contributed by atoms with van der Waals surface area (Å²) >= 11 is 6.22. The van der Waals surface area contributed by atoms with Gasteiger partial charge in [0.25, 0.3) is 0 Å². The van der Waals surface area contributed by atoms with E-state index >= 15 is 0 Å². The molecule has 34 heavy (non-hydrogen) atoms. The van der Waals surface area contributed by atoms with Crippen molar-refractivity contribution in [2.24, 2.45) is 11.3 Å². The number of hydrogen-bond donors (Lipinski definition) is 1. The molecule has 8 heteroatoms. The first-order valence-electron chi connectivity index (χ1n) is 11.7. The first kappa shape index (κ1) is 23.5. The predicted molar refractivity (Wildman–Crippen MR) is 125 cm³/mol. The predicted octanol–water partition coefficient (Wildman–Crippen LogP) is 6.47. The number of nitrogens with one attached hydrogen (secondary N) is 1. The van der Waals surface area contributed by atoms with E-state index in [0.29, 0.717) is 11.5 Å². The van der Waals surface area contributed by atoms with Gasteiger partial charge in [0.2, 0.25) is 0 Å². The molecule has 1 aliphatic carbocycles. The Bertz CT molecular complexity index is 1110. The van der Waals surface area contributed by atoms with E-state index in [1.807, 2.05) is 18.2 Å². The molecule has 4 nitrogen and oxygen atoms in total. The lowest BCUT2D eigenvalue weighted by molar-refractivity contribution is -0.137. The minimum absolute atomic E-state index is 0.0582. The highest BCUT2D eigenvalue weighted by Gasteiger charge is 2.42. The highest BCUT2D eigenvalue weighted by Crippen LogP contribution is 2.47. The fourth-order valence-corrected chi connectivity index (χ4v) is 6.04. The molecule has 4 aliphatic rings. The van der Waals surface area contributed by atoms with E-state index in [4.69, 9.17) is 16.3 Å². The summed E-state index contributed by atoms with van der Waals surface area (Å²) in [7, 11) is 0. The Morgan fingerprint density at radius 1 is 1.15 bits per heavy atom. The summed E-state index contributed by atoms with van der Waals surface area (Å²) in [6, 6.07) is 8.96. The number of alkyl carbamates (subject to hydrolysis) is 1. The van der Waals surface area contributed by atoms with Gasteiger partial charge in [-0.1, -0.05) is 49.7 Å². The Kier molecular flexibility index (Phi) is 5.84. The first-order valence-corrected chi connectivity index (χ1v) is 12.1. The smallest absolute Gasteiger partial charge is 0.416 e. The van der Waals surface area contributed by atoms with Gasteiger partial charge in [-0.3, -0.25) is 4.90 Å². The molecule has 6 rings (SSSR count). The molecule has 3 aliphatic heterocycles. The Hall–Kier alpha value is -2.25. The molecule has 2 aromatic rings. The molecule has 1 N–H and O–H groups in total. The maximum atomic E-state index is 13.0. The number of carbonyl (C=O) groups excluding carboxylic acids is 1. The monoisotopic (exact) mass is 492 g/mol. The van der Waals surface area contributed by atoms with Gasteiger partial charge in [0.05, 0.1) is 11.6 Å². The van der Waals surface area contributed by atoms with Crippen LogP contribution in [-0.2, 0) is 17.3 Å². The number of carbonyl (C=O) groups is 1.